The minimum Gasteiger partial charge on any atom is -0.399 e. The fourth-order valence-corrected chi connectivity index (χ4v) is 2.55. The molecule has 1 saturated heterocycles. The first-order valence-corrected chi connectivity index (χ1v) is 6.81. The summed E-state index contributed by atoms with van der Waals surface area (Å²) < 4.78 is 26.3. The van der Waals surface area contributed by atoms with Gasteiger partial charge in [-0.15, -0.1) is 0 Å². The fourth-order valence-electron chi connectivity index (χ4n) is 1.72. The molecule has 0 N–H and O–H groups in total. The first kappa shape index (κ1) is 14.3. The molecule has 1 aliphatic heterocycles. The summed E-state index contributed by atoms with van der Waals surface area (Å²) in [4.78, 5) is 0. The molecule has 1 fully saturated rings. The van der Waals surface area contributed by atoms with Crippen LogP contribution in [0, 0.1) is 5.82 Å². The van der Waals surface area contributed by atoms with Crippen LogP contribution in [-0.4, -0.2) is 18.3 Å². The smallest absolute Gasteiger partial charge is 0.399 e. The van der Waals surface area contributed by atoms with Crippen LogP contribution in [0.4, 0.5) is 4.39 Å². The second-order valence-electron chi connectivity index (χ2n) is 5.38. The SMILES string of the molecule is CC1(C)OB(c2cc(Br)cc(Cl)c2F)OC1(C)C. The van der Waals surface area contributed by atoms with Gasteiger partial charge in [0.2, 0.25) is 0 Å². The van der Waals surface area contributed by atoms with Gasteiger partial charge in [-0.25, -0.2) is 4.39 Å². The van der Waals surface area contributed by atoms with Gasteiger partial charge in [0.1, 0.15) is 5.82 Å². The number of hydrogen-bond acceptors (Lipinski definition) is 2. The van der Waals surface area contributed by atoms with E-state index in [4.69, 9.17) is 20.9 Å². The van der Waals surface area contributed by atoms with Crippen molar-refractivity contribution in [1.82, 2.24) is 0 Å². The van der Waals surface area contributed by atoms with E-state index in [-0.39, 0.29) is 5.02 Å². The lowest BCUT2D eigenvalue weighted by molar-refractivity contribution is 0.00578. The van der Waals surface area contributed by atoms with Gasteiger partial charge in [-0.3, -0.25) is 0 Å². The average Bonchev–Trinajstić information content (AvgIpc) is 2.42. The Hall–Kier alpha value is -0.0951. The molecule has 0 unspecified atom stereocenters. The number of halogens is 3. The van der Waals surface area contributed by atoms with Gasteiger partial charge in [0.15, 0.2) is 0 Å². The van der Waals surface area contributed by atoms with Crippen molar-refractivity contribution >= 4 is 40.1 Å². The Labute approximate surface area is 120 Å². The topological polar surface area (TPSA) is 18.5 Å². The molecule has 0 aromatic heterocycles. The van der Waals surface area contributed by atoms with E-state index in [0.717, 1.165) is 0 Å². The number of benzene rings is 1. The molecule has 0 aliphatic carbocycles. The minimum absolute atomic E-state index is 0.0501. The first-order chi connectivity index (χ1) is 8.14. The highest BCUT2D eigenvalue weighted by Crippen LogP contribution is 2.37. The van der Waals surface area contributed by atoms with Crippen molar-refractivity contribution in [3.05, 3.63) is 27.4 Å². The highest BCUT2D eigenvalue weighted by Gasteiger charge is 2.52. The number of hydrogen-bond donors (Lipinski definition) is 0. The van der Waals surface area contributed by atoms with Crippen molar-refractivity contribution in [2.75, 3.05) is 0 Å². The molecule has 1 aromatic carbocycles. The molecule has 6 heteroatoms. The van der Waals surface area contributed by atoms with E-state index in [1.807, 2.05) is 27.7 Å². The second-order valence-corrected chi connectivity index (χ2v) is 6.70. The van der Waals surface area contributed by atoms with Crippen LogP contribution in [0.3, 0.4) is 0 Å². The van der Waals surface area contributed by atoms with E-state index in [1.54, 1.807) is 6.07 Å². The van der Waals surface area contributed by atoms with E-state index in [0.29, 0.717) is 9.94 Å². The highest BCUT2D eigenvalue weighted by atomic mass is 79.9. The Bertz CT molecular complexity index is 477. The van der Waals surface area contributed by atoms with Gasteiger partial charge in [0, 0.05) is 9.94 Å². The molecular weight excluding hydrogens is 321 g/mol. The predicted molar refractivity (Wildman–Crippen MR) is 74.8 cm³/mol. The maximum Gasteiger partial charge on any atom is 0.497 e. The van der Waals surface area contributed by atoms with Crippen molar-refractivity contribution in [1.29, 1.82) is 0 Å². The van der Waals surface area contributed by atoms with Gasteiger partial charge in [0.25, 0.3) is 0 Å². The molecule has 0 spiro atoms. The summed E-state index contributed by atoms with van der Waals surface area (Å²) in [5.41, 5.74) is -0.689. The summed E-state index contributed by atoms with van der Waals surface area (Å²) in [5.74, 6) is -0.502. The molecule has 2 nitrogen and oxygen atoms in total. The Kier molecular flexibility index (Phi) is 3.56. The summed E-state index contributed by atoms with van der Waals surface area (Å²) >= 11 is 9.11. The number of rotatable bonds is 1. The zero-order valence-corrected chi connectivity index (χ0v) is 13.0. The van der Waals surface area contributed by atoms with Crippen LogP contribution in [0.2, 0.25) is 5.02 Å². The van der Waals surface area contributed by atoms with Gasteiger partial charge in [0.05, 0.1) is 16.2 Å². The van der Waals surface area contributed by atoms with E-state index < -0.39 is 24.1 Å². The molecule has 0 amide bonds. The first-order valence-electron chi connectivity index (χ1n) is 5.64. The molecule has 0 radical (unpaired) electrons. The normalized spacial score (nSPS) is 21.4. The summed E-state index contributed by atoms with van der Waals surface area (Å²) in [6.07, 6.45) is 0. The van der Waals surface area contributed by atoms with Gasteiger partial charge < -0.3 is 9.31 Å². The van der Waals surface area contributed by atoms with Gasteiger partial charge in [-0.05, 0) is 39.8 Å². The van der Waals surface area contributed by atoms with Crippen LogP contribution in [-0.2, 0) is 9.31 Å². The molecule has 0 saturated carbocycles. The van der Waals surface area contributed by atoms with Crippen LogP contribution in [0.15, 0.2) is 16.6 Å². The monoisotopic (exact) mass is 334 g/mol. The Morgan fingerprint density at radius 3 is 2.17 bits per heavy atom. The van der Waals surface area contributed by atoms with Crippen LogP contribution in [0.25, 0.3) is 0 Å². The summed E-state index contributed by atoms with van der Waals surface area (Å²) in [6, 6.07) is 3.13. The molecule has 1 aliphatic rings. The highest BCUT2D eigenvalue weighted by molar-refractivity contribution is 9.10. The Balaban J connectivity index is 2.41. The lowest BCUT2D eigenvalue weighted by Crippen LogP contribution is -2.41. The standard InChI is InChI=1S/C12H14BBrClFO2/c1-11(2)12(3,4)18-13(17-11)8-5-7(14)6-9(15)10(8)16/h5-6H,1-4H3. The largest absolute Gasteiger partial charge is 0.497 e. The average molecular weight is 335 g/mol. The van der Waals surface area contributed by atoms with E-state index in [2.05, 4.69) is 15.9 Å². The molecule has 0 atom stereocenters. The Morgan fingerprint density at radius 2 is 1.67 bits per heavy atom. The third-order valence-corrected chi connectivity index (χ3v) is 4.26. The molecule has 1 aromatic rings. The molecule has 18 heavy (non-hydrogen) atoms. The molecular formula is C12H14BBrClFO2. The van der Waals surface area contributed by atoms with Gasteiger partial charge in [-0.1, -0.05) is 27.5 Å². The van der Waals surface area contributed by atoms with E-state index in [9.17, 15) is 4.39 Å². The lowest BCUT2D eigenvalue weighted by atomic mass is 9.79. The quantitative estimate of drug-likeness (QED) is 0.577. The van der Waals surface area contributed by atoms with Gasteiger partial charge >= 0.3 is 7.12 Å². The van der Waals surface area contributed by atoms with Crippen LogP contribution in [0.1, 0.15) is 27.7 Å². The maximum absolute atomic E-state index is 14.0. The molecule has 1 heterocycles. The summed E-state index contributed by atoms with van der Waals surface area (Å²) in [6.45, 7) is 7.68. The van der Waals surface area contributed by atoms with Crippen LogP contribution in [0.5, 0.6) is 0 Å². The zero-order chi connectivity index (χ0) is 13.7. The maximum atomic E-state index is 14.0. The zero-order valence-electron chi connectivity index (χ0n) is 10.7. The van der Waals surface area contributed by atoms with E-state index >= 15 is 0 Å². The Morgan fingerprint density at radius 1 is 1.17 bits per heavy atom. The van der Waals surface area contributed by atoms with Crippen molar-refractivity contribution < 1.29 is 13.7 Å². The summed E-state index contributed by atoms with van der Waals surface area (Å²) in [5, 5.41) is 0.0501. The van der Waals surface area contributed by atoms with Crippen molar-refractivity contribution in [2.24, 2.45) is 0 Å². The van der Waals surface area contributed by atoms with Crippen LogP contribution < -0.4 is 5.46 Å². The molecule has 0 bridgehead atoms. The second kappa shape index (κ2) is 4.48. The fraction of sp³-hybridized carbons (Fsp3) is 0.500. The molecule has 2 rings (SSSR count). The predicted octanol–water partition coefficient (Wildman–Crippen LogP) is 3.54. The lowest BCUT2D eigenvalue weighted by Gasteiger charge is -2.32. The summed E-state index contributed by atoms with van der Waals surface area (Å²) in [7, 11) is -0.745. The van der Waals surface area contributed by atoms with E-state index in [1.165, 1.54) is 6.07 Å². The van der Waals surface area contributed by atoms with Crippen molar-refractivity contribution in [3.63, 3.8) is 0 Å². The van der Waals surface area contributed by atoms with Crippen LogP contribution >= 0.6 is 27.5 Å². The third-order valence-electron chi connectivity index (χ3n) is 3.53. The van der Waals surface area contributed by atoms with Gasteiger partial charge in [-0.2, -0.15) is 0 Å². The minimum atomic E-state index is -0.745. The third kappa shape index (κ3) is 2.33. The molecule has 98 valence electrons. The van der Waals surface area contributed by atoms with Crippen molar-refractivity contribution in [3.8, 4) is 0 Å². The van der Waals surface area contributed by atoms with Crippen molar-refractivity contribution in [2.45, 2.75) is 38.9 Å².